The number of aliphatic hydroxyl groups is 3. The zero-order valence-electron chi connectivity index (χ0n) is 18.5. The van der Waals surface area contributed by atoms with Gasteiger partial charge in [0, 0.05) is 0 Å². The maximum Gasteiger partial charge on any atom is 0.312 e. The molecular weight excluding hydrogens is 428 g/mol. The Morgan fingerprint density at radius 3 is 1.94 bits per heavy atom. The third kappa shape index (κ3) is 4.73. The van der Waals surface area contributed by atoms with Gasteiger partial charge in [0.15, 0.2) is 6.29 Å². The zero-order chi connectivity index (χ0) is 23.5. The summed E-state index contributed by atoms with van der Waals surface area (Å²) < 4.78 is 12.2. The first kappa shape index (κ1) is 24.4. The van der Waals surface area contributed by atoms with Crippen molar-refractivity contribution in [1.29, 1.82) is 0 Å². The summed E-state index contributed by atoms with van der Waals surface area (Å²) in [6.07, 6.45) is -5.42. The van der Waals surface area contributed by atoms with Crippen LogP contribution in [0.3, 0.4) is 0 Å². The molecular formula is C23H32N2O6Si. The second kappa shape index (κ2) is 9.70. The molecule has 2 aromatic carbocycles. The zero-order valence-corrected chi connectivity index (χ0v) is 19.5. The number of hydrogen-bond donors (Lipinski definition) is 5. The second-order valence-corrected chi connectivity index (χ2v) is 13.4. The number of amides is 2. The molecule has 174 valence electrons. The van der Waals surface area contributed by atoms with Gasteiger partial charge in [-0.05, 0) is 15.4 Å². The predicted molar refractivity (Wildman–Crippen MR) is 123 cm³/mol. The molecule has 9 heteroatoms. The van der Waals surface area contributed by atoms with Gasteiger partial charge in [-0.15, -0.1) is 0 Å². The lowest BCUT2D eigenvalue weighted by molar-refractivity contribution is -0.251. The van der Waals surface area contributed by atoms with E-state index in [9.17, 15) is 20.1 Å². The van der Waals surface area contributed by atoms with Crippen molar-refractivity contribution in [1.82, 2.24) is 5.32 Å². The Bertz CT molecular complexity index is 853. The summed E-state index contributed by atoms with van der Waals surface area (Å²) >= 11 is 0. The summed E-state index contributed by atoms with van der Waals surface area (Å²) in [4.78, 5) is 11.2. The Morgan fingerprint density at radius 2 is 1.50 bits per heavy atom. The Labute approximate surface area is 189 Å². The van der Waals surface area contributed by atoms with Crippen molar-refractivity contribution >= 4 is 24.7 Å². The molecule has 0 spiro atoms. The third-order valence-corrected chi connectivity index (χ3v) is 10.9. The number of urea groups is 1. The first-order valence-electron chi connectivity index (χ1n) is 10.6. The van der Waals surface area contributed by atoms with Crippen molar-refractivity contribution in [3.63, 3.8) is 0 Å². The lowest BCUT2D eigenvalue weighted by Gasteiger charge is -2.45. The number of ether oxygens (including phenoxy) is 1. The van der Waals surface area contributed by atoms with E-state index < -0.39 is 45.0 Å². The van der Waals surface area contributed by atoms with E-state index in [4.69, 9.17) is 14.9 Å². The van der Waals surface area contributed by atoms with Crippen LogP contribution in [0.15, 0.2) is 60.7 Å². The molecule has 0 aliphatic carbocycles. The van der Waals surface area contributed by atoms with Crippen LogP contribution in [0.25, 0.3) is 0 Å². The van der Waals surface area contributed by atoms with Crippen LogP contribution in [0.5, 0.6) is 0 Å². The van der Waals surface area contributed by atoms with Gasteiger partial charge >= 0.3 is 6.03 Å². The smallest absolute Gasteiger partial charge is 0.312 e. The molecule has 0 bridgehead atoms. The summed E-state index contributed by atoms with van der Waals surface area (Å²) in [6.45, 7) is 6.29. The highest BCUT2D eigenvalue weighted by Crippen LogP contribution is 2.37. The Kier molecular flexibility index (Phi) is 7.38. The average molecular weight is 461 g/mol. The summed E-state index contributed by atoms with van der Waals surface area (Å²) in [5.41, 5.74) is 5.09. The molecule has 1 heterocycles. The molecule has 0 unspecified atom stereocenters. The topological polar surface area (TPSA) is 134 Å². The third-order valence-electron chi connectivity index (χ3n) is 5.91. The van der Waals surface area contributed by atoms with Gasteiger partial charge in [0.25, 0.3) is 8.32 Å². The van der Waals surface area contributed by atoms with Gasteiger partial charge in [-0.1, -0.05) is 81.4 Å². The highest BCUT2D eigenvalue weighted by Gasteiger charge is 2.52. The molecule has 3 rings (SSSR count). The van der Waals surface area contributed by atoms with E-state index in [0.717, 1.165) is 10.4 Å². The van der Waals surface area contributed by atoms with Crippen LogP contribution >= 0.6 is 0 Å². The van der Waals surface area contributed by atoms with Gasteiger partial charge in [-0.3, -0.25) is 0 Å². The van der Waals surface area contributed by atoms with Crippen molar-refractivity contribution in [2.45, 2.75) is 56.5 Å². The molecule has 5 atom stereocenters. The highest BCUT2D eigenvalue weighted by molar-refractivity contribution is 6.99. The summed E-state index contributed by atoms with van der Waals surface area (Å²) in [7, 11) is -2.89. The fourth-order valence-corrected chi connectivity index (χ4v) is 8.94. The van der Waals surface area contributed by atoms with E-state index in [1.807, 2.05) is 60.7 Å². The SMILES string of the molecule is CC(C)(C)[Si](OC[C@H]1O[C@@H](O)[C@H](NC(N)=O)[C@@H](O)[C@@H]1O)(c1ccccc1)c1ccccc1. The van der Waals surface area contributed by atoms with Gasteiger partial charge in [-0.2, -0.15) is 0 Å². The minimum Gasteiger partial charge on any atom is -0.405 e. The number of rotatable bonds is 6. The normalized spacial score (nSPS) is 26.5. The van der Waals surface area contributed by atoms with Crippen LogP contribution in [0.4, 0.5) is 4.79 Å². The first-order valence-corrected chi connectivity index (χ1v) is 12.5. The monoisotopic (exact) mass is 460 g/mol. The van der Waals surface area contributed by atoms with Crippen LogP contribution < -0.4 is 21.4 Å². The van der Waals surface area contributed by atoms with Gasteiger partial charge in [0.2, 0.25) is 0 Å². The fraction of sp³-hybridized carbons (Fsp3) is 0.435. The van der Waals surface area contributed by atoms with Crippen molar-refractivity contribution in [2.75, 3.05) is 6.61 Å². The highest BCUT2D eigenvalue weighted by atomic mass is 28.4. The maximum absolute atomic E-state index is 11.2. The van der Waals surface area contributed by atoms with Crippen molar-refractivity contribution in [3.8, 4) is 0 Å². The van der Waals surface area contributed by atoms with E-state index in [1.165, 1.54) is 0 Å². The number of carbonyl (C=O) groups is 1. The number of nitrogens with two attached hydrogens (primary N) is 1. The molecule has 0 saturated carbocycles. The molecule has 1 aliphatic heterocycles. The summed E-state index contributed by atoms with van der Waals surface area (Å²) in [5.74, 6) is 0. The molecule has 1 aliphatic rings. The molecule has 2 aromatic rings. The molecule has 2 amide bonds. The Balaban J connectivity index is 1.94. The van der Waals surface area contributed by atoms with Crippen molar-refractivity contribution < 1.29 is 29.3 Å². The lowest BCUT2D eigenvalue weighted by atomic mass is 9.97. The van der Waals surface area contributed by atoms with E-state index in [1.54, 1.807) is 0 Å². The number of primary amides is 1. The standard InChI is InChI=1S/C23H32N2O6Si/c1-23(2,3)32(15-10-6-4-7-11-15,16-12-8-5-9-13-16)30-14-17-19(26)20(27)18(21(28)31-17)25-22(24)29/h4-13,17-21,26-28H,14H2,1-3H3,(H3,24,25,29)/t17-,18-,19-,20-,21-/m1/s1. The van der Waals surface area contributed by atoms with Crippen LogP contribution in [-0.4, -0.2) is 66.9 Å². The van der Waals surface area contributed by atoms with Crippen LogP contribution in [-0.2, 0) is 9.16 Å². The molecule has 8 nitrogen and oxygen atoms in total. The van der Waals surface area contributed by atoms with Gasteiger partial charge in [0.05, 0.1) is 6.61 Å². The Hall–Kier alpha value is -2.27. The number of aliphatic hydroxyl groups excluding tert-OH is 3. The van der Waals surface area contributed by atoms with Gasteiger partial charge < -0.3 is 35.5 Å². The molecule has 6 N–H and O–H groups in total. The molecule has 1 saturated heterocycles. The predicted octanol–water partition coefficient (Wildman–Crippen LogP) is 0.0389. The Morgan fingerprint density at radius 1 is 1.00 bits per heavy atom. The van der Waals surface area contributed by atoms with E-state index >= 15 is 0 Å². The number of carbonyl (C=O) groups excluding carboxylic acids is 1. The first-order chi connectivity index (χ1) is 15.1. The lowest BCUT2D eigenvalue weighted by Crippen LogP contribution is -2.69. The van der Waals surface area contributed by atoms with Crippen LogP contribution in [0.1, 0.15) is 20.8 Å². The van der Waals surface area contributed by atoms with Crippen LogP contribution in [0.2, 0.25) is 5.04 Å². The number of benzene rings is 2. The minimum atomic E-state index is -2.89. The largest absolute Gasteiger partial charge is 0.405 e. The molecule has 1 fully saturated rings. The molecule has 32 heavy (non-hydrogen) atoms. The quantitative estimate of drug-likeness (QED) is 0.387. The van der Waals surface area contributed by atoms with Crippen molar-refractivity contribution in [2.24, 2.45) is 5.73 Å². The van der Waals surface area contributed by atoms with Gasteiger partial charge in [-0.25, -0.2) is 4.79 Å². The average Bonchev–Trinajstić information content (AvgIpc) is 2.75. The molecule has 0 aromatic heterocycles. The molecule has 0 radical (unpaired) electrons. The van der Waals surface area contributed by atoms with Gasteiger partial charge in [0.1, 0.15) is 24.4 Å². The maximum atomic E-state index is 11.2. The van der Waals surface area contributed by atoms with E-state index in [-0.39, 0.29) is 11.6 Å². The van der Waals surface area contributed by atoms with Crippen LogP contribution in [0, 0.1) is 0 Å². The second-order valence-electron chi connectivity index (χ2n) is 9.05. The van der Waals surface area contributed by atoms with Crippen molar-refractivity contribution in [3.05, 3.63) is 60.7 Å². The number of nitrogens with one attached hydrogen (secondary N) is 1. The summed E-state index contributed by atoms with van der Waals surface area (Å²) in [5, 5.41) is 35.4. The summed E-state index contributed by atoms with van der Waals surface area (Å²) in [6, 6.07) is 17.7. The minimum absolute atomic E-state index is 0.0636. The number of hydrogen-bond acceptors (Lipinski definition) is 6. The van der Waals surface area contributed by atoms with E-state index in [2.05, 4.69) is 26.1 Å². The van der Waals surface area contributed by atoms with E-state index in [0.29, 0.717) is 0 Å². The fourth-order valence-electron chi connectivity index (χ4n) is 4.37.